The summed E-state index contributed by atoms with van der Waals surface area (Å²) in [7, 11) is 1.64. The van der Waals surface area contributed by atoms with E-state index in [-0.39, 0.29) is 6.04 Å². The zero-order valence-corrected chi connectivity index (χ0v) is 9.50. The Hall–Kier alpha value is -0.740. The molecule has 1 atom stereocenters. The van der Waals surface area contributed by atoms with E-state index in [9.17, 15) is 0 Å². The topological polar surface area (TPSA) is 44.5 Å². The number of ether oxygens (including phenoxy) is 2. The molecule has 1 unspecified atom stereocenters. The number of hydrogen-bond acceptors (Lipinski definition) is 3. The second-order valence-corrected chi connectivity index (χ2v) is 4.12. The molecule has 0 bridgehead atoms. The van der Waals surface area contributed by atoms with Gasteiger partial charge in [0.05, 0.1) is 18.2 Å². The molecule has 76 valence electrons. The Balaban J connectivity index is 2.49. The van der Waals surface area contributed by atoms with Crippen molar-refractivity contribution in [2.45, 2.75) is 12.5 Å². The van der Waals surface area contributed by atoms with Crippen LogP contribution in [0.25, 0.3) is 0 Å². The molecule has 0 saturated carbocycles. The zero-order chi connectivity index (χ0) is 10.1. The Morgan fingerprint density at radius 1 is 1.57 bits per heavy atom. The van der Waals surface area contributed by atoms with Gasteiger partial charge in [-0.2, -0.15) is 0 Å². The zero-order valence-electron chi connectivity index (χ0n) is 7.92. The van der Waals surface area contributed by atoms with Gasteiger partial charge in [-0.15, -0.1) is 0 Å². The van der Waals surface area contributed by atoms with Crippen molar-refractivity contribution in [1.29, 1.82) is 0 Å². The molecule has 1 aromatic rings. The van der Waals surface area contributed by atoms with Gasteiger partial charge in [-0.25, -0.2) is 0 Å². The van der Waals surface area contributed by atoms with Crippen LogP contribution in [0.1, 0.15) is 18.0 Å². The van der Waals surface area contributed by atoms with E-state index in [4.69, 9.17) is 15.2 Å². The third-order valence-corrected chi connectivity index (χ3v) is 2.99. The van der Waals surface area contributed by atoms with E-state index in [0.29, 0.717) is 6.61 Å². The normalized spacial score (nSPS) is 19.8. The van der Waals surface area contributed by atoms with Crippen LogP contribution in [0.15, 0.2) is 16.6 Å². The van der Waals surface area contributed by atoms with Gasteiger partial charge in [0.1, 0.15) is 11.5 Å². The molecule has 0 amide bonds. The van der Waals surface area contributed by atoms with E-state index < -0.39 is 0 Å². The average molecular weight is 258 g/mol. The molecular weight excluding hydrogens is 246 g/mol. The van der Waals surface area contributed by atoms with Crippen molar-refractivity contribution in [2.24, 2.45) is 5.73 Å². The summed E-state index contributed by atoms with van der Waals surface area (Å²) in [6.45, 7) is 0.687. The Bertz CT molecular complexity index is 354. The van der Waals surface area contributed by atoms with Gasteiger partial charge in [0.15, 0.2) is 0 Å². The van der Waals surface area contributed by atoms with Crippen LogP contribution in [0.2, 0.25) is 0 Å². The summed E-state index contributed by atoms with van der Waals surface area (Å²) in [6.07, 6.45) is 0.859. The van der Waals surface area contributed by atoms with Crippen LogP contribution >= 0.6 is 15.9 Å². The fourth-order valence-electron chi connectivity index (χ4n) is 1.57. The van der Waals surface area contributed by atoms with Crippen molar-refractivity contribution in [1.82, 2.24) is 0 Å². The summed E-state index contributed by atoms with van der Waals surface area (Å²) in [4.78, 5) is 0. The first-order valence-electron chi connectivity index (χ1n) is 4.48. The molecular formula is C10H12BrNO2. The summed E-state index contributed by atoms with van der Waals surface area (Å²) in [5.41, 5.74) is 6.99. The minimum absolute atomic E-state index is 0.0562. The van der Waals surface area contributed by atoms with Crippen LogP contribution in [0, 0.1) is 0 Å². The largest absolute Gasteiger partial charge is 0.496 e. The number of methoxy groups -OCH3 is 1. The lowest BCUT2D eigenvalue weighted by Gasteiger charge is -2.23. The first-order chi connectivity index (χ1) is 6.72. The average Bonchev–Trinajstić information content (AvgIpc) is 2.17. The maximum atomic E-state index is 5.97. The molecule has 1 aromatic carbocycles. The fraction of sp³-hybridized carbons (Fsp3) is 0.400. The van der Waals surface area contributed by atoms with Crippen LogP contribution in [-0.2, 0) is 0 Å². The van der Waals surface area contributed by atoms with E-state index in [2.05, 4.69) is 15.9 Å². The molecule has 0 saturated heterocycles. The molecule has 2 N–H and O–H groups in total. The second kappa shape index (κ2) is 3.79. The van der Waals surface area contributed by atoms with Gasteiger partial charge in [0, 0.05) is 18.0 Å². The molecule has 0 fully saturated rings. The lowest BCUT2D eigenvalue weighted by molar-refractivity contribution is 0.267. The first kappa shape index (κ1) is 9.80. The molecule has 0 radical (unpaired) electrons. The molecule has 0 aromatic heterocycles. The minimum atomic E-state index is 0.0562. The van der Waals surface area contributed by atoms with Gasteiger partial charge >= 0.3 is 0 Å². The summed E-state index contributed by atoms with van der Waals surface area (Å²) in [6, 6.07) is 3.90. The van der Waals surface area contributed by atoms with Crippen molar-refractivity contribution in [3.05, 3.63) is 22.2 Å². The number of halogens is 1. The maximum absolute atomic E-state index is 5.97. The highest BCUT2D eigenvalue weighted by molar-refractivity contribution is 9.10. The third kappa shape index (κ3) is 1.60. The molecule has 1 heterocycles. The number of rotatable bonds is 1. The summed E-state index contributed by atoms with van der Waals surface area (Å²) in [5, 5.41) is 0. The second-order valence-electron chi connectivity index (χ2n) is 3.27. The van der Waals surface area contributed by atoms with Crippen molar-refractivity contribution in [3.63, 3.8) is 0 Å². The molecule has 3 nitrogen and oxygen atoms in total. The van der Waals surface area contributed by atoms with Crippen LogP contribution in [0.5, 0.6) is 11.5 Å². The molecule has 1 aliphatic heterocycles. The van der Waals surface area contributed by atoms with E-state index in [1.807, 2.05) is 12.1 Å². The number of hydrogen-bond donors (Lipinski definition) is 1. The van der Waals surface area contributed by atoms with Crippen LogP contribution < -0.4 is 15.2 Å². The van der Waals surface area contributed by atoms with Crippen molar-refractivity contribution in [2.75, 3.05) is 13.7 Å². The van der Waals surface area contributed by atoms with E-state index in [1.54, 1.807) is 7.11 Å². The summed E-state index contributed by atoms with van der Waals surface area (Å²) in [5.74, 6) is 1.65. The van der Waals surface area contributed by atoms with Gasteiger partial charge in [-0.05, 0) is 28.1 Å². The Morgan fingerprint density at radius 3 is 3.07 bits per heavy atom. The van der Waals surface area contributed by atoms with Crippen molar-refractivity contribution < 1.29 is 9.47 Å². The molecule has 0 aliphatic carbocycles. The number of nitrogens with two attached hydrogens (primary N) is 1. The van der Waals surface area contributed by atoms with Crippen LogP contribution in [-0.4, -0.2) is 13.7 Å². The fourth-order valence-corrected chi connectivity index (χ4v) is 2.06. The van der Waals surface area contributed by atoms with Gasteiger partial charge < -0.3 is 15.2 Å². The lowest BCUT2D eigenvalue weighted by Crippen LogP contribution is -2.20. The SMILES string of the molecule is COc1cc2c(cc1Br)OCCC2N. The standard InChI is InChI=1S/C10H12BrNO2/c1-13-10-4-6-8(12)2-3-14-9(6)5-7(10)11/h4-5,8H,2-3,12H2,1H3. The van der Waals surface area contributed by atoms with E-state index >= 15 is 0 Å². The number of fused-ring (bicyclic) bond motifs is 1. The summed E-state index contributed by atoms with van der Waals surface area (Å²) < 4.78 is 11.6. The third-order valence-electron chi connectivity index (χ3n) is 2.37. The van der Waals surface area contributed by atoms with Crippen LogP contribution in [0.3, 0.4) is 0 Å². The molecule has 2 rings (SSSR count). The monoisotopic (exact) mass is 257 g/mol. The highest BCUT2D eigenvalue weighted by Crippen LogP contribution is 2.38. The van der Waals surface area contributed by atoms with E-state index in [1.165, 1.54) is 0 Å². The van der Waals surface area contributed by atoms with Crippen molar-refractivity contribution in [3.8, 4) is 11.5 Å². The highest BCUT2D eigenvalue weighted by Gasteiger charge is 2.20. The molecule has 14 heavy (non-hydrogen) atoms. The molecule has 1 aliphatic rings. The van der Waals surface area contributed by atoms with Gasteiger partial charge in [-0.1, -0.05) is 0 Å². The predicted molar refractivity (Wildman–Crippen MR) is 57.7 cm³/mol. The smallest absolute Gasteiger partial charge is 0.133 e. The van der Waals surface area contributed by atoms with Crippen LogP contribution in [0.4, 0.5) is 0 Å². The first-order valence-corrected chi connectivity index (χ1v) is 5.27. The van der Waals surface area contributed by atoms with Crippen molar-refractivity contribution >= 4 is 15.9 Å². The van der Waals surface area contributed by atoms with Gasteiger partial charge in [0.25, 0.3) is 0 Å². The Kier molecular flexibility index (Phi) is 2.65. The maximum Gasteiger partial charge on any atom is 0.133 e. The quantitative estimate of drug-likeness (QED) is 0.840. The Morgan fingerprint density at radius 2 is 2.36 bits per heavy atom. The number of benzene rings is 1. The van der Waals surface area contributed by atoms with Gasteiger partial charge in [0.2, 0.25) is 0 Å². The van der Waals surface area contributed by atoms with Gasteiger partial charge in [-0.3, -0.25) is 0 Å². The predicted octanol–water partition coefficient (Wildman–Crippen LogP) is 2.24. The lowest BCUT2D eigenvalue weighted by atomic mass is 10.0. The van der Waals surface area contributed by atoms with E-state index in [0.717, 1.165) is 28.0 Å². The Labute approximate surface area is 91.3 Å². The molecule has 0 spiro atoms. The molecule has 4 heteroatoms. The summed E-state index contributed by atoms with van der Waals surface area (Å²) >= 11 is 3.41. The minimum Gasteiger partial charge on any atom is -0.496 e. The highest BCUT2D eigenvalue weighted by atomic mass is 79.9.